The van der Waals surface area contributed by atoms with Gasteiger partial charge in [-0.1, -0.05) is 111 Å². The minimum Gasteiger partial charge on any atom is -0.299 e. The van der Waals surface area contributed by atoms with E-state index in [1.807, 2.05) is 0 Å². The zero-order valence-corrected chi connectivity index (χ0v) is 21.3. The first-order chi connectivity index (χ1) is 16.8. The smallest absolute Gasteiger partial charge is 0.0240 e. The van der Waals surface area contributed by atoms with Gasteiger partial charge in [0.1, 0.15) is 0 Å². The summed E-state index contributed by atoms with van der Waals surface area (Å²) in [5.41, 5.74) is 2.78. The molecule has 0 aliphatic heterocycles. The van der Waals surface area contributed by atoms with Crippen LogP contribution in [0.3, 0.4) is 0 Å². The van der Waals surface area contributed by atoms with Crippen molar-refractivity contribution in [2.75, 3.05) is 26.2 Å². The van der Waals surface area contributed by atoms with Gasteiger partial charge >= 0.3 is 0 Å². The summed E-state index contributed by atoms with van der Waals surface area (Å²) in [4.78, 5) is 5.37. The molecule has 2 aliphatic rings. The Morgan fingerprint density at radius 1 is 0.529 bits per heavy atom. The third-order valence-electron chi connectivity index (χ3n) is 7.87. The lowest BCUT2D eigenvalue weighted by molar-refractivity contribution is 0.172. The lowest BCUT2D eigenvalue weighted by Gasteiger charge is -2.33. The number of rotatable bonds is 12. The van der Waals surface area contributed by atoms with Crippen LogP contribution in [-0.2, 0) is 13.1 Å². The average molecular weight is 459 g/mol. The second-order valence-corrected chi connectivity index (χ2v) is 10.8. The third kappa shape index (κ3) is 9.04. The fourth-order valence-corrected chi connectivity index (χ4v) is 6.01. The second-order valence-electron chi connectivity index (χ2n) is 10.8. The molecule has 2 saturated carbocycles. The van der Waals surface area contributed by atoms with E-state index >= 15 is 0 Å². The molecule has 0 saturated heterocycles. The summed E-state index contributed by atoms with van der Waals surface area (Å²) in [7, 11) is 0. The van der Waals surface area contributed by atoms with Crippen molar-refractivity contribution in [2.24, 2.45) is 11.8 Å². The van der Waals surface area contributed by atoms with Gasteiger partial charge in [-0.25, -0.2) is 0 Å². The predicted octanol–water partition coefficient (Wildman–Crippen LogP) is 7.71. The van der Waals surface area contributed by atoms with Crippen LogP contribution in [0.15, 0.2) is 72.8 Å². The highest BCUT2D eigenvalue weighted by atomic mass is 15.1. The Morgan fingerprint density at radius 3 is 1.38 bits per heavy atom. The summed E-state index contributed by atoms with van der Waals surface area (Å²) in [6.45, 7) is 6.75. The Kier molecular flexibility index (Phi) is 10.7. The van der Waals surface area contributed by atoms with Crippen molar-refractivity contribution in [3.63, 3.8) is 0 Å². The lowest BCUT2D eigenvalue weighted by Crippen LogP contribution is -2.35. The van der Waals surface area contributed by atoms with E-state index in [4.69, 9.17) is 0 Å². The minimum absolute atomic E-state index is 0.929. The third-order valence-corrected chi connectivity index (χ3v) is 7.87. The van der Waals surface area contributed by atoms with Crippen LogP contribution in [0.4, 0.5) is 0 Å². The van der Waals surface area contributed by atoms with Gasteiger partial charge in [-0.15, -0.1) is 0 Å². The Balaban J connectivity index is 1.33. The quantitative estimate of drug-likeness (QED) is 0.301. The molecular formula is C32H46N2. The van der Waals surface area contributed by atoms with Gasteiger partial charge in [-0.3, -0.25) is 9.80 Å². The van der Waals surface area contributed by atoms with Crippen molar-refractivity contribution in [1.82, 2.24) is 9.80 Å². The SMILES string of the molecule is C(=C\CN(CC1CCCCC1)CC1CCCCC1)/CN(Cc1ccccc1)Cc1ccccc1. The van der Waals surface area contributed by atoms with Gasteiger partial charge in [0.2, 0.25) is 0 Å². The van der Waals surface area contributed by atoms with Gasteiger partial charge in [0.15, 0.2) is 0 Å². The summed E-state index contributed by atoms with van der Waals surface area (Å²) in [6.07, 6.45) is 19.4. The van der Waals surface area contributed by atoms with Gasteiger partial charge in [0.25, 0.3) is 0 Å². The van der Waals surface area contributed by atoms with E-state index in [0.29, 0.717) is 0 Å². The highest BCUT2D eigenvalue weighted by molar-refractivity contribution is 5.17. The van der Waals surface area contributed by atoms with Crippen molar-refractivity contribution >= 4 is 0 Å². The first-order valence-electron chi connectivity index (χ1n) is 14.0. The zero-order valence-electron chi connectivity index (χ0n) is 21.3. The monoisotopic (exact) mass is 458 g/mol. The van der Waals surface area contributed by atoms with Crippen LogP contribution < -0.4 is 0 Å². The molecule has 4 rings (SSSR count). The molecule has 2 heteroatoms. The van der Waals surface area contributed by atoms with E-state index < -0.39 is 0 Å². The Bertz CT molecular complexity index is 742. The van der Waals surface area contributed by atoms with Crippen molar-refractivity contribution in [3.05, 3.63) is 83.9 Å². The van der Waals surface area contributed by atoms with Gasteiger partial charge in [0.05, 0.1) is 0 Å². The molecule has 0 unspecified atom stereocenters. The summed E-state index contributed by atoms with van der Waals surface area (Å²) in [5, 5.41) is 0. The molecule has 0 aromatic heterocycles. The van der Waals surface area contributed by atoms with E-state index in [1.54, 1.807) is 0 Å². The van der Waals surface area contributed by atoms with Crippen LogP contribution in [0, 0.1) is 11.8 Å². The second kappa shape index (κ2) is 14.5. The van der Waals surface area contributed by atoms with Crippen LogP contribution in [0.25, 0.3) is 0 Å². The summed E-state index contributed by atoms with van der Waals surface area (Å²) in [6, 6.07) is 21.8. The van der Waals surface area contributed by atoms with Crippen LogP contribution in [0.2, 0.25) is 0 Å². The summed E-state index contributed by atoms with van der Waals surface area (Å²) in [5.74, 6) is 1.86. The molecule has 34 heavy (non-hydrogen) atoms. The molecule has 2 nitrogen and oxygen atoms in total. The van der Waals surface area contributed by atoms with Crippen LogP contribution in [0.5, 0.6) is 0 Å². The van der Waals surface area contributed by atoms with Gasteiger partial charge < -0.3 is 0 Å². The van der Waals surface area contributed by atoms with Crippen LogP contribution >= 0.6 is 0 Å². The van der Waals surface area contributed by atoms with E-state index in [0.717, 1.165) is 38.0 Å². The molecule has 0 bridgehead atoms. The molecule has 2 fully saturated rings. The molecule has 2 aromatic carbocycles. The fraction of sp³-hybridized carbons (Fsp3) is 0.562. The summed E-state index contributed by atoms with van der Waals surface area (Å²) >= 11 is 0. The topological polar surface area (TPSA) is 6.48 Å². The molecule has 0 spiro atoms. The van der Waals surface area contributed by atoms with Crippen molar-refractivity contribution in [3.8, 4) is 0 Å². The zero-order chi connectivity index (χ0) is 23.3. The molecule has 0 heterocycles. The number of hydrogen-bond donors (Lipinski definition) is 0. The molecule has 184 valence electrons. The number of hydrogen-bond acceptors (Lipinski definition) is 2. The Hall–Kier alpha value is -1.90. The maximum atomic E-state index is 2.81. The number of nitrogens with zero attached hydrogens (tertiary/aromatic N) is 2. The van der Waals surface area contributed by atoms with E-state index in [-0.39, 0.29) is 0 Å². The molecule has 0 atom stereocenters. The van der Waals surface area contributed by atoms with E-state index in [9.17, 15) is 0 Å². The largest absolute Gasteiger partial charge is 0.299 e. The van der Waals surface area contributed by atoms with Crippen molar-refractivity contribution < 1.29 is 0 Å². The number of benzene rings is 2. The highest BCUT2D eigenvalue weighted by Crippen LogP contribution is 2.27. The maximum Gasteiger partial charge on any atom is 0.0240 e. The van der Waals surface area contributed by atoms with Gasteiger partial charge in [-0.2, -0.15) is 0 Å². The molecule has 0 N–H and O–H groups in total. The van der Waals surface area contributed by atoms with Gasteiger partial charge in [-0.05, 0) is 48.6 Å². The molecule has 2 aliphatic carbocycles. The van der Waals surface area contributed by atoms with Crippen molar-refractivity contribution in [2.45, 2.75) is 77.3 Å². The Morgan fingerprint density at radius 2 is 0.941 bits per heavy atom. The standard InChI is InChI=1S/C32H46N2/c1-5-15-29(16-6-1)25-33(26-30-17-7-2-8-18-30)23-13-14-24-34(27-31-19-9-3-10-20-31)28-32-21-11-4-12-22-32/h1-2,5-8,13-18,31-32H,3-4,9-12,19-28H2/b14-13+. The van der Waals surface area contributed by atoms with Crippen LogP contribution in [0.1, 0.15) is 75.3 Å². The fourth-order valence-electron chi connectivity index (χ4n) is 6.01. The predicted molar refractivity (Wildman–Crippen MR) is 146 cm³/mol. The molecule has 0 amide bonds. The Labute approximate surface area is 209 Å². The van der Waals surface area contributed by atoms with E-state index in [1.165, 1.54) is 88.4 Å². The molecular weight excluding hydrogens is 412 g/mol. The van der Waals surface area contributed by atoms with Gasteiger partial charge in [0, 0.05) is 39.3 Å². The molecule has 2 aromatic rings. The first kappa shape index (κ1) is 25.2. The van der Waals surface area contributed by atoms with Crippen molar-refractivity contribution in [1.29, 1.82) is 0 Å². The van der Waals surface area contributed by atoms with E-state index in [2.05, 4.69) is 82.6 Å². The average Bonchev–Trinajstić information content (AvgIpc) is 2.89. The minimum atomic E-state index is 0.929. The first-order valence-corrected chi connectivity index (χ1v) is 14.0. The summed E-state index contributed by atoms with van der Waals surface area (Å²) < 4.78 is 0. The molecule has 0 radical (unpaired) electrons. The normalized spacial score (nSPS) is 18.3. The lowest BCUT2D eigenvalue weighted by atomic mass is 9.87. The maximum absolute atomic E-state index is 2.81. The highest BCUT2D eigenvalue weighted by Gasteiger charge is 2.21. The van der Waals surface area contributed by atoms with Crippen LogP contribution in [-0.4, -0.2) is 36.0 Å².